The van der Waals surface area contributed by atoms with Crippen molar-refractivity contribution in [3.8, 4) is 0 Å². The molecule has 2 N–H and O–H groups in total. The highest BCUT2D eigenvalue weighted by Crippen LogP contribution is 2.33. The van der Waals surface area contributed by atoms with Gasteiger partial charge in [-0.15, -0.1) is 0 Å². The van der Waals surface area contributed by atoms with E-state index in [2.05, 4.69) is 15.0 Å². The molecule has 0 atom stereocenters. The first-order valence-corrected chi connectivity index (χ1v) is 6.68. The molecule has 7 nitrogen and oxygen atoms in total. The number of hydrogen-bond donors (Lipinski definition) is 2. The summed E-state index contributed by atoms with van der Waals surface area (Å²) in [6.07, 6.45) is 1.46. The fraction of sp³-hybridized carbons (Fsp3) is 0.167. The van der Waals surface area contributed by atoms with Crippen LogP contribution < -0.4 is 5.23 Å². The van der Waals surface area contributed by atoms with Gasteiger partial charge in [0.15, 0.2) is 11.0 Å². The van der Waals surface area contributed by atoms with Crippen molar-refractivity contribution < 1.29 is 5.21 Å². The van der Waals surface area contributed by atoms with Gasteiger partial charge in [0.1, 0.15) is 5.03 Å². The van der Waals surface area contributed by atoms with Crippen LogP contribution in [-0.4, -0.2) is 24.7 Å². The summed E-state index contributed by atoms with van der Waals surface area (Å²) in [7, 11) is 1.75. The predicted molar refractivity (Wildman–Crippen MR) is 75.8 cm³/mol. The Morgan fingerprint density at radius 2 is 2.25 bits per heavy atom. The van der Waals surface area contributed by atoms with Gasteiger partial charge in [-0.3, -0.25) is 5.21 Å². The number of anilines is 1. The van der Waals surface area contributed by atoms with E-state index in [-0.39, 0.29) is 11.0 Å². The van der Waals surface area contributed by atoms with Crippen LogP contribution in [0, 0.1) is 12.1 Å². The summed E-state index contributed by atoms with van der Waals surface area (Å²) >= 11 is 1.24. The van der Waals surface area contributed by atoms with Crippen LogP contribution in [0.4, 0.5) is 5.82 Å². The van der Waals surface area contributed by atoms with Gasteiger partial charge in [0.2, 0.25) is 0 Å². The van der Waals surface area contributed by atoms with Gasteiger partial charge in [0, 0.05) is 7.05 Å². The van der Waals surface area contributed by atoms with Crippen molar-refractivity contribution in [1.82, 2.24) is 19.5 Å². The number of nitrogens with one attached hydrogen (secondary N) is 1. The third-order valence-electron chi connectivity index (χ3n) is 2.86. The minimum absolute atomic E-state index is 0.0471. The largest absolute Gasteiger partial charge is 0.732 e. The summed E-state index contributed by atoms with van der Waals surface area (Å²) in [5.74, 6) is -0.0471. The van der Waals surface area contributed by atoms with E-state index < -0.39 is 0 Å². The fourth-order valence-corrected chi connectivity index (χ4v) is 2.80. The molecule has 0 bridgehead atoms. The minimum Gasteiger partial charge on any atom is -0.732 e. The molecule has 0 saturated carbocycles. The fourth-order valence-electron chi connectivity index (χ4n) is 1.90. The quantitative estimate of drug-likeness (QED) is 0.720. The minimum atomic E-state index is -0.241. The molecule has 0 fully saturated rings. The smallest absolute Gasteiger partial charge is 0.174 e. The highest BCUT2D eigenvalue weighted by atomic mass is 32.2. The van der Waals surface area contributed by atoms with Gasteiger partial charge in [0.25, 0.3) is 0 Å². The van der Waals surface area contributed by atoms with Crippen molar-refractivity contribution in [3.05, 3.63) is 35.3 Å². The summed E-state index contributed by atoms with van der Waals surface area (Å²) in [5.41, 5.74) is 2.92. The van der Waals surface area contributed by atoms with Gasteiger partial charge in [-0.25, -0.2) is 9.97 Å². The number of rotatable bonds is 3. The van der Waals surface area contributed by atoms with E-state index in [4.69, 9.17) is 5.21 Å². The Labute approximate surface area is 118 Å². The molecule has 0 radical (unpaired) electrons. The van der Waals surface area contributed by atoms with Crippen molar-refractivity contribution in [2.75, 3.05) is 5.23 Å². The number of nitrogens with zero attached hydrogens (tertiary/aromatic N) is 4. The lowest BCUT2D eigenvalue weighted by molar-refractivity contribution is 0.291. The number of aromatic nitrogens is 4. The summed E-state index contributed by atoms with van der Waals surface area (Å²) in [6, 6.07) is 5.92. The Kier molecular flexibility index (Phi) is 3.13. The summed E-state index contributed by atoms with van der Waals surface area (Å²) in [5, 5.41) is 21.0. The number of fused-ring (bicyclic) bond motifs is 1. The van der Waals surface area contributed by atoms with Crippen LogP contribution in [0.5, 0.6) is 0 Å². The molecule has 0 aliphatic heterocycles. The van der Waals surface area contributed by atoms with Crippen molar-refractivity contribution in [2.45, 2.75) is 17.1 Å². The van der Waals surface area contributed by atoms with Crippen LogP contribution in [0.25, 0.3) is 11.0 Å². The second kappa shape index (κ2) is 4.82. The van der Waals surface area contributed by atoms with E-state index in [9.17, 15) is 5.21 Å². The van der Waals surface area contributed by atoms with Gasteiger partial charge >= 0.3 is 0 Å². The number of H-pyrrole nitrogens is 1. The first-order valence-electron chi connectivity index (χ1n) is 5.86. The Morgan fingerprint density at radius 3 is 3.00 bits per heavy atom. The maximum atomic E-state index is 11.0. The van der Waals surface area contributed by atoms with Gasteiger partial charge in [-0.1, -0.05) is 6.07 Å². The number of hydrogen-bond acceptors (Lipinski definition) is 6. The lowest BCUT2D eigenvalue weighted by atomic mass is 10.2. The number of imidazole rings is 2. The zero-order valence-corrected chi connectivity index (χ0v) is 11.7. The molecule has 3 aromatic rings. The van der Waals surface area contributed by atoms with Crippen molar-refractivity contribution >= 4 is 28.6 Å². The third-order valence-corrected chi connectivity index (χ3v) is 3.91. The Bertz CT molecular complexity index is 764. The molecular weight excluding hydrogens is 278 g/mol. The predicted octanol–water partition coefficient (Wildman–Crippen LogP) is 2.45. The molecule has 3 rings (SSSR count). The monoisotopic (exact) mass is 290 g/mol. The number of benzene rings is 1. The maximum Gasteiger partial charge on any atom is 0.174 e. The average Bonchev–Trinajstić information content (AvgIpc) is 2.93. The molecule has 0 saturated heterocycles. The lowest BCUT2D eigenvalue weighted by Gasteiger charge is -2.19. The van der Waals surface area contributed by atoms with Gasteiger partial charge < -0.3 is 20.0 Å². The normalized spacial score (nSPS) is 11.2. The molecule has 0 aliphatic rings. The highest BCUT2D eigenvalue weighted by Gasteiger charge is 2.14. The van der Waals surface area contributed by atoms with Crippen LogP contribution in [0.15, 0.2) is 34.7 Å². The third kappa shape index (κ3) is 2.24. The first kappa shape index (κ1) is 13.0. The zero-order chi connectivity index (χ0) is 14.3. The van der Waals surface area contributed by atoms with Crippen LogP contribution >= 0.6 is 11.8 Å². The SMILES string of the molecule is Cc1ccc2nc(Sc3c(N([O-])O)ncn3C)[nH]c2c1. The van der Waals surface area contributed by atoms with E-state index in [1.807, 2.05) is 25.1 Å². The summed E-state index contributed by atoms with van der Waals surface area (Å²) < 4.78 is 1.65. The van der Waals surface area contributed by atoms with E-state index >= 15 is 0 Å². The number of aromatic amines is 1. The number of aryl methyl sites for hydroxylation is 2. The standard InChI is InChI=1S/C12H12N5O2S/c1-7-3-4-8-9(5-7)15-12(14-8)20-11-10(17(18)19)13-6-16(11)2/h3-6,18H,1-2H3,(H,14,15)/q-1. The molecule has 8 heteroatoms. The van der Waals surface area contributed by atoms with Crippen LogP contribution in [0.2, 0.25) is 0 Å². The average molecular weight is 290 g/mol. The van der Waals surface area contributed by atoms with Gasteiger partial charge in [0.05, 0.1) is 17.4 Å². The molecule has 104 valence electrons. The van der Waals surface area contributed by atoms with E-state index in [0.717, 1.165) is 16.6 Å². The van der Waals surface area contributed by atoms with Gasteiger partial charge in [-0.05, 0) is 36.4 Å². The highest BCUT2D eigenvalue weighted by molar-refractivity contribution is 7.99. The van der Waals surface area contributed by atoms with Crippen molar-refractivity contribution in [1.29, 1.82) is 0 Å². The van der Waals surface area contributed by atoms with Crippen LogP contribution in [0.1, 0.15) is 5.56 Å². The Hall–Kier alpha value is -2.03. The molecule has 2 heterocycles. The summed E-state index contributed by atoms with van der Waals surface area (Å²) in [6.45, 7) is 2.01. The lowest BCUT2D eigenvalue weighted by Crippen LogP contribution is -2.09. The van der Waals surface area contributed by atoms with Crippen molar-refractivity contribution in [3.63, 3.8) is 0 Å². The van der Waals surface area contributed by atoms with E-state index in [1.165, 1.54) is 18.1 Å². The Morgan fingerprint density at radius 1 is 1.45 bits per heavy atom. The van der Waals surface area contributed by atoms with Gasteiger partial charge in [-0.2, -0.15) is 0 Å². The molecular formula is C12H12N5O2S-. The van der Waals surface area contributed by atoms with Crippen molar-refractivity contribution in [2.24, 2.45) is 7.05 Å². The first-order chi connectivity index (χ1) is 9.54. The van der Waals surface area contributed by atoms with Crippen LogP contribution in [-0.2, 0) is 7.05 Å². The topological polar surface area (TPSA) is 93.0 Å². The molecule has 0 amide bonds. The second-order valence-corrected chi connectivity index (χ2v) is 5.40. The molecule has 0 unspecified atom stereocenters. The zero-order valence-electron chi connectivity index (χ0n) is 10.9. The molecule has 20 heavy (non-hydrogen) atoms. The van der Waals surface area contributed by atoms with E-state index in [1.54, 1.807) is 11.6 Å². The summed E-state index contributed by atoms with van der Waals surface area (Å²) in [4.78, 5) is 11.5. The van der Waals surface area contributed by atoms with E-state index in [0.29, 0.717) is 10.2 Å². The molecule has 0 spiro atoms. The molecule has 0 aliphatic carbocycles. The molecule has 2 aromatic heterocycles. The molecule has 1 aromatic carbocycles. The maximum absolute atomic E-state index is 11.0. The Balaban J connectivity index is 1.99. The van der Waals surface area contributed by atoms with Crippen LogP contribution in [0.3, 0.4) is 0 Å². The second-order valence-electron chi connectivity index (χ2n) is 4.42.